The van der Waals surface area contributed by atoms with E-state index in [9.17, 15) is 0 Å². The lowest BCUT2D eigenvalue weighted by atomic mass is 10.2. The van der Waals surface area contributed by atoms with Gasteiger partial charge in [0.15, 0.2) is 0 Å². The molecule has 0 spiro atoms. The number of anilines is 2. The average molecular weight is 274 g/mol. The molecule has 20 heavy (non-hydrogen) atoms. The molecule has 1 aliphatic carbocycles. The summed E-state index contributed by atoms with van der Waals surface area (Å²) in [5, 5.41) is 3.37. The average Bonchev–Trinajstić information content (AvgIpc) is 3.30. The van der Waals surface area contributed by atoms with Crippen LogP contribution in [0.25, 0.3) is 0 Å². The summed E-state index contributed by atoms with van der Waals surface area (Å²) in [5.41, 5.74) is 0. The lowest BCUT2D eigenvalue weighted by Gasteiger charge is -2.35. The van der Waals surface area contributed by atoms with Crippen molar-refractivity contribution in [2.24, 2.45) is 5.92 Å². The van der Waals surface area contributed by atoms with Gasteiger partial charge in [-0.25, -0.2) is 4.98 Å². The molecule has 2 fully saturated rings. The first kappa shape index (κ1) is 13.7. The van der Waals surface area contributed by atoms with Crippen molar-refractivity contribution in [1.82, 2.24) is 9.88 Å². The summed E-state index contributed by atoms with van der Waals surface area (Å²) in [6, 6.07) is 6.30. The van der Waals surface area contributed by atoms with E-state index >= 15 is 0 Å². The van der Waals surface area contributed by atoms with Crippen LogP contribution in [0.3, 0.4) is 0 Å². The van der Waals surface area contributed by atoms with Gasteiger partial charge in [-0.3, -0.25) is 4.90 Å². The monoisotopic (exact) mass is 274 g/mol. The van der Waals surface area contributed by atoms with Crippen LogP contribution in [0, 0.1) is 5.92 Å². The van der Waals surface area contributed by atoms with Crippen molar-refractivity contribution in [1.29, 1.82) is 0 Å². The zero-order valence-corrected chi connectivity index (χ0v) is 12.5. The highest BCUT2D eigenvalue weighted by atomic mass is 15.3. The molecule has 0 amide bonds. The van der Waals surface area contributed by atoms with Gasteiger partial charge in [0.25, 0.3) is 0 Å². The third kappa shape index (κ3) is 3.63. The van der Waals surface area contributed by atoms with Crippen molar-refractivity contribution in [2.45, 2.75) is 26.2 Å². The minimum absolute atomic E-state index is 0.992. The molecule has 0 unspecified atom stereocenters. The van der Waals surface area contributed by atoms with Crippen molar-refractivity contribution in [3.05, 3.63) is 18.2 Å². The van der Waals surface area contributed by atoms with Crippen molar-refractivity contribution in [3.63, 3.8) is 0 Å². The molecule has 0 atom stereocenters. The van der Waals surface area contributed by atoms with Gasteiger partial charge in [0.05, 0.1) is 0 Å². The van der Waals surface area contributed by atoms with Crippen molar-refractivity contribution < 1.29 is 0 Å². The zero-order chi connectivity index (χ0) is 13.8. The number of rotatable bonds is 6. The van der Waals surface area contributed by atoms with Crippen LogP contribution < -0.4 is 10.2 Å². The van der Waals surface area contributed by atoms with Gasteiger partial charge in [0, 0.05) is 39.3 Å². The van der Waals surface area contributed by atoms with E-state index in [0.29, 0.717) is 0 Å². The molecule has 4 nitrogen and oxygen atoms in total. The molecule has 1 aliphatic heterocycles. The van der Waals surface area contributed by atoms with Crippen LogP contribution in [-0.2, 0) is 0 Å². The Morgan fingerprint density at radius 3 is 2.70 bits per heavy atom. The second kappa shape index (κ2) is 6.44. The van der Waals surface area contributed by atoms with Crippen LogP contribution in [0.2, 0.25) is 0 Å². The topological polar surface area (TPSA) is 31.4 Å². The van der Waals surface area contributed by atoms with Crippen LogP contribution in [0.1, 0.15) is 26.2 Å². The second-order valence-electron chi connectivity index (χ2n) is 6.04. The maximum Gasteiger partial charge on any atom is 0.131 e. The SMILES string of the molecule is CCCNc1cccc(N2CCN(CC3CC3)CC2)n1. The molecule has 3 rings (SSSR count). The minimum atomic E-state index is 0.992. The van der Waals surface area contributed by atoms with E-state index in [1.165, 1.54) is 32.5 Å². The number of nitrogens with one attached hydrogen (secondary N) is 1. The molecular weight excluding hydrogens is 248 g/mol. The number of pyridine rings is 1. The van der Waals surface area contributed by atoms with Gasteiger partial charge in [-0.2, -0.15) is 0 Å². The van der Waals surface area contributed by atoms with Crippen LogP contribution in [0.15, 0.2) is 18.2 Å². The Labute approximate surface area is 122 Å². The Morgan fingerprint density at radius 1 is 1.20 bits per heavy atom. The molecule has 0 bridgehead atoms. The van der Waals surface area contributed by atoms with Crippen LogP contribution in [0.5, 0.6) is 0 Å². The van der Waals surface area contributed by atoms with E-state index in [2.05, 4.69) is 40.2 Å². The summed E-state index contributed by atoms with van der Waals surface area (Å²) in [4.78, 5) is 9.76. The van der Waals surface area contributed by atoms with Gasteiger partial charge in [-0.05, 0) is 37.3 Å². The molecule has 0 aromatic carbocycles. The fourth-order valence-electron chi connectivity index (χ4n) is 2.78. The van der Waals surface area contributed by atoms with Gasteiger partial charge >= 0.3 is 0 Å². The zero-order valence-electron chi connectivity index (χ0n) is 12.5. The number of hydrogen-bond donors (Lipinski definition) is 1. The van der Waals surface area contributed by atoms with Crippen molar-refractivity contribution in [3.8, 4) is 0 Å². The van der Waals surface area contributed by atoms with E-state index in [0.717, 1.165) is 43.6 Å². The molecule has 1 aromatic heterocycles. The van der Waals surface area contributed by atoms with Crippen LogP contribution in [0.4, 0.5) is 11.6 Å². The second-order valence-corrected chi connectivity index (χ2v) is 6.04. The Hall–Kier alpha value is -1.29. The van der Waals surface area contributed by atoms with E-state index in [-0.39, 0.29) is 0 Å². The Balaban J connectivity index is 1.53. The van der Waals surface area contributed by atoms with Crippen molar-refractivity contribution in [2.75, 3.05) is 49.5 Å². The normalized spacial score (nSPS) is 20.1. The lowest BCUT2D eigenvalue weighted by molar-refractivity contribution is 0.247. The van der Waals surface area contributed by atoms with Gasteiger partial charge in [-0.1, -0.05) is 13.0 Å². The van der Waals surface area contributed by atoms with Crippen LogP contribution >= 0.6 is 0 Å². The first-order chi connectivity index (χ1) is 9.85. The van der Waals surface area contributed by atoms with E-state index < -0.39 is 0 Å². The maximum atomic E-state index is 4.73. The van der Waals surface area contributed by atoms with E-state index in [1.807, 2.05) is 0 Å². The van der Waals surface area contributed by atoms with Gasteiger partial charge in [0.1, 0.15) is 11.6 Å². The smallest absolute Gasteiger partial charge is 0.131 e. The minimum Gasteiger partial charge on any atom is -0.370 e. The Kier molecular flexibility index (Phi) is 4.41. The third-order valence-electron chi connectivity index (χ3n) is 4.20. The van der Waals surface area contributed by atoms with Crippen LogP contribution in [-0.4, -0.2) is 49.2 Å². The highest BCUT2D eigenvalue weighted by Crippen LogP contribution is 2.30. The summed E-state index contributed by atoms with van der Waals surface area (Å²) in [5.74, 6) is 3.13. The summed E-state index contributed by atoms with van der Waals surface area (Å²) in [6.07, 6.45) is 4.03. The number of piperazine rings is 1. The highest BCUT2D eigenvalue weighted by Gasteiger charge is 2.26. The number of hydrogen-bond acceptors (Lipinski definition) is 4. The first-order valence-corrected chi connectivity index (χ1v) is 8.03. The summed E-state index contributed by atoms with van der Waals surface area (Å²) in [7, 11) is 0. The maximum absolute atomic E-state index is 4.73. The lowest BCUT2D eigenvalue weighted by Crippen LogP contribution is -2.47. The molecule has 0 radical (unpaired) electrons. The molecule has 110 valence electrons. The standard InChI is InChI=1S/C16H26N4/c1-2-8-17-15-4-3-5-16(18-15)20-11-9-19(10-12-20)13-14-6-7-14/h3-5,14H,2,6-13H2,1H3,(H,17,18). The third-order valence-corrected chi connectivity index (χ3v) is 4.20. The predicted octanol–water partition coefficient (Wildman–Crippen LogP) is 2.44. The van der Waals surface area contributed by atoms with Crippen molar-refractivity contribution >= 4 is 11.6 Å². The Bertz CT molecular complexity index is 422. The molecule has 2 aliphatic rings. The molecule has 4 heteroatoms. The van der Waals surface area contributed by atoms with Gasteiger partial charge < -0.3 is 10.2 Å². The summed E-state index contributed by atoms with van der Waals surface area (Å²) in [6.45, 7) is 9.07. The largest absolute Gasteiger partial charge is 0.370 e. The molecule has 2 heterocycles. The first-order valence-electron chi connectivity index (χ1n) is 8.03. The summed E-state index contributed by atoms with van der Waals surface area (Å²) < 4.78 is 0. The van der Waals surface area contributed by atoms with E-state index in [4.69, 9.17) is 4.98 Å². The fraction of sp³-hybridized carbons (Fsp3) is 0.688. The molecule has 1 aromatic rings. The molecule has 1 N–H and O–H groups in total. The molecular formula is C16H26N4. The summed E-state index contributed by atoms with van der Waals surface area (Å²) >= 11 is 0. The predicted molar refractivity (Wildman–Crippen MR) is 84.4 cm³/mol. The number of aromatic nitrogens is 1. The quantitative estimate of drug-likeness (QED) is 0.863. The molecule has 1 saturated heterocycles. The van der Waals surface area contributed by atoms with Gasteiger partial charge in [-0.15, -0.1) is 0 Å². The van der Waals surface area contributed by atoms with Gasteiger partial charge in [0.2, 0.25) is 0 Å². The highest BCUT2D eigenvalue weighted by molar-refractivity contribution is 5.47. The fourth-order valence-corrected chi connectivity index (χ4v) is 2.78. The van der Waals surface area contributed by atoms with E-state index in [1.54, 1.807) is 0 Å². The Morgan fingerprint density at radius 2 is 2.00 bits per heavy atom. The number of nitrogens with zero attached hydrogens (tertiary/aromatic N) is 3. The molecule has 1 saturated carbocycles.